The van der Waals surface area contributed by atoms with Crippen LogP contribution in [0.4, 0.5) is 13.2 Å². The number of fused-ring (bicyclic) bond motifs is 1. The molecule has 0 aliphatic carbocycles. The van der Waals surface area contributed by atoms with Crippen LogP contribution in [0.3, 0.4) is 0 Å². The van der Waals surface area contributed by atoms with Gasteiger partial charge in [-0.05, 0) is 13.0 Å². The van der Waals surface area contributed by atoms with E-state index in [1.54, 1.807) is 6.92 Å². The first-order chi connectivity index (χ1) is 7.00. The lowest BCUT2D eigenvalue weighted by Crippen LogP contribution is -1.95. The Kier molecular flexibility index (Phi) is 2.31. The normalized spacial score (nSPS) is 11.0. The zero-order valence-electron chi connectivity index (χ0n) is 7.61. The van der Waals surface area contributed by atoms with Crippen LogP contribution in [0, 0.1) is 24.4 Å². The van der Waals surface area contributed by atoms with E-state index in [1.807, 2.05) is 0 Å². The summed E-state index contributed by atoms with van der Waals surface area (Å²) in [6, 6.07) is 2.22. The van der Waals surface area contributed by atoms with E-state index in [1.165, 1.54) is 6.07 Å². The lowest BCUT2D eigenvalue weighted by molar-refractivity contribution is 0.453. The molecule has 0 saturated carbocycles. The highest BCUT2D eigenvalue weighted by molar-refractivity contribution is 6.35. The molecule has 0 spiro atoms. The predicted molar refractivity (Wildman–Crippen MR) is 51.4 cm³/mol. The third-order valence-corrected chi connectivity index (χ3v) is 2.31. The highest BCUT2D eigenvalue weighted by Crippen LogP contribution is 2.28. The summed E-state index contributed by atoms with van der Waals surface area (Å²) in [6.45, 7) is 1.63. The molecule has 0 bridgehead atoms. The number of halogens is 4. The van der Waals surface area contributed by atoms with Crippen LogP contribution in [0.25, 0.3) is 10.9 Å². The summed E-state index contributed by atoms with van der Waals surface area (Å²) >= 11 is 5.72. The van der Waals surface area contributed by atoms with Gasteiger partial charge in [0.05, 0.1) is 15.9 Å². The minimum Gasteiger partial charge on any atom is -0.253 e. The van der Waals surface area contributed by atoms with Crippen LogP contribution in [-0.4, -0.2) is 4.98 Å². The molecular formula is C10H5ClF3N. The van der Waals surface area contributed by atoms with Crippen molar-refractivity contribution in [3.8, 4) is 0 Å². The third-order valence-electron chi connectivity index (χ3n) is 2.01. The molecular weight excluding hydrogens is 227 g/mol. The standard InChI is InChI=1S/C10H5ClF3N/c1-4-2-5(11)8-7(15-4)3-6(12)9(13)10(8)14/h2-3H,1H3. The molecule has 2 rings (SSSR count). The maximum atomic E-state index is 13.3. The maximum absolute atomic E-state index is 13.3. The first-order valence-corrected chi connectivity index (χ1v) is 4.49. The molecule has 1 aromatic heterocycles. The van der Waals surface area contributed by atoms with E-state index >= 15 is 0 Å². The van der Waals surface area contributed by atoms with Crippen LogP contribution in [-0.2, 0) is 0 Å². The second-order valence-corrected chi connectivity index (χ2v) is 3.53. The average molecular weight is 232 g/mol. The zero-order chi connectivity index (χ0) is 11.2. The van der Waals surface area contributed by atoms with Gasteiger partial charge in [0.15, 0.2) is 17.5 Å². The van der Waals surface area contributed by atoms with Crippen molar-refractivity contribution < 1.29 is 13.2 Å². The van der Waals surface area contributed by atoms with Crippen molar-refractivity contribution in [3.63, 3.8) is 0 Å². The molecule has 1 aromatic carbocycles. The van der Waals surface area contributed by atoms with Crippen molar-refractivity contribution >= 4 is 22.5 Å². The predicted octanol–water partition coefficient (Wildman–Crippen LogP) is 3.61. The lowest BCUT2D eigenvalue weighted by Gasteiger charge is -2.04. The van der Waals surface area contributed by atoms with Gasteiger partial charge < -0.3 is 0 Å². The average Bonchev–Trinajstić information content (AvgIpc) is 2.13. The molecule has 0 saturated heterocycles. The van der Waals surface area contributed by atoms with Gasteiger partial charge in [-0.3, -0.25) is 4.98 Å². The smallest absolute Gasteiger partial charge is 0.195 e. The monoisotopic (exact) mass is 231 g/mol. The Balaban J connectivity index is 2.99. The van der Waals surface area contributed by atoms with Crippen molar-refractivity contribution in [1.82, 2.24) is 4.98 Å². The number of nitrogens with zero attached hydrogens (tertiary/aromatic N) is 1. The molecule has 0 radical (unpaired) electrons. The molecule has 2 aromatic rings. The molecule has 0 fully saturated rings. The van der Waals surface area contributed by atoms with E-state index in [4.69, 9.17) is 11.6 Å². The Labute approximate surface area is 88.5 Å². The quantitative estimate of drug-likeness (QED) is 0.631. The third kappa shape index (κ3) is 1.55. The second kappa shape index (κ2) is 3.38. The highest BCUT2D eigenvalue weighted by atomic mass is 35.5. The Morgan fingerprint density at radius 3 is 2.47 bits per heavy atom. The summed E-state index contributed by atoms with van der Waals surface area (Å²) in [5.41, 5.74) is 0.523. The Bertz CT molecular complexity index is 554. The Morgan fingerprint density at radius 2 is 1.80 bits per heavy atom. The van der Waals surface area contributed by atoms with Crippen molar-refractivity contribution in [3.05, 3.63) is 40.3 Å². The van der Waals surface area contributed by atoms with E-state index in [0.29, 0.717) is 5.69 Å². The number of aryl methyl sites for hydroxylation is 1. The maximum Gasteiger partial charge on any atom is 0.195 e. The fourth-order valence-electron chi connectivity index (χ4n) is 1.38. The van der Waals surface area contributed by atoms with Gasteiger partial charge in [0.25, 0.3) is 0 Å². The van der Waals surface area contributed by atoms with E-state index in [2.05, 4.69) is 4.98 Å². The summed E-state index contributed by atoms with van der Waals surface area (Å²) < 4.78 is 39.1. The first kappa shape index (κ1) is 10.2. The Hall–Kier alpha value is -1.29. The van der Waals surface area contributed by atoms with Gasteiger partial charge in [0.2, 0.25) is 0 Å². The van der Waals surface area contributed by atoms with Crippen LogP contribution < -0.4 is 0 Å². The van der Waals surface area contributed by atoms with Crippen LogP contribution in [0.15, 0.2) is 12.1 Å². The van der Waals surface area contributed by atoms with Gasteiger partial charge in [-0.15, -0.1) is 0 Å². The molecule has 1 nitrogen and oxygen atoms in total. The van der Waals surface area contributed by atoms with E-state index in [9.17, 15) is 13.2 Å². The summed E-state index contributed by atoms with van der Waals surface area (Å²) in [7, 11) is 0. The molecule has 15 heavy (non-hydrogen) atoms. The van der Waals surface area contributed by atoms with Crippen molar-refractivity contribution in [2.45, 2.75) is 6.92 Å². The number of hydrogen-bond acceptors (Lipinski definition) is 1. The van der Waals surface area contributed by atoms with Crippen LogP contribution in [0.2, 0.25) is 5.02 Å². The van der Waals surface area contributed by atoms with E-state index < -0.39 is 17.5 Å². The minimum atomic E-state index is -1.53. The molecule has 0 aliphatic heterocycles. The van der Waals surface area contributed by atoms with Crippen molar-refractivity contribution in [2.75, 3.05) is 0 Å². The van der Waals surface area contributed by atoms with Gasteiger partial charge in [0, 0.05) is 11.8 Å². The van der Waals surface area contributed by atoms with Crippen molar-refractivity contribution in [1.29, 1.82) is 0 Å². The van der Waals surface area contributed by atoms with Gasteiger partial charge in [0.1, 0.15) is 0 Å². The van der Waals surface area contributed by atoms with Crippen molar-refractivity contribution in [2.24, 2.45) is 0 Å². The highest BCUT2D eigenvalue weighted by Gasteiger charge is 2.16. The Morgan fingerprint density at radius 1 is 1.13 bits per heavy atom. The molecule has 0 amide bonds. The summed E-state index contributed by atoms with van der Waals surface area (Å²) in [5, 5.41) is -0.171. The zero-order valence-corrected chi connectivity index (χ0v) is 8.37. The number of benzene rings is 1. The molecule has 78 valence electrons. The van der Waals surface area contributed by atoms with Crippen LogP contribution >= 0.6 is 11.6 Å². The van der Waals surface area contributed by atoms with E-state index in [0.717, 1.165) is 6.07 Å². The number of hydrogen-bond donors (Lipinski definition) is 0. The van der Waals surface area contributed by atoms with Gasteiger partial charge >= 0.3 is 0 Å². The number of rotatable bonds is 0. The molecule has 5 heteroatoms. The summed E-state index contributed by atoms with van der Waals surface area (Å²) in [5.74, 6) is -4.10. The molecule has 0 aliphatic rings. The minimum absolute atomic E-state index is 0.0106. The molecule has 0 unspecified atom stereocenters. The lowest BCUT2D eigenvalue weighted by atomic mass is 10.2. The van der Waals surface area contributed by atoms with Gasteiger partial charge in [-0.1, -0.05) is 11.6 Å². The molecule has 1 heterocycles. The van der Waals surface area contributed by atoms with Gasteiger partial charge in [-0.2, -0.15) is 0 Å². The second-order valence-electron chi connectivity index (χ2n) is 3.13. The number of pyridine rings is 1. The molecule has 0 atom stereocenters. The first-order valence-electron chi connectivity index (χ1n) is 4.11. The number of aromatic nitrogens is 1. The largest absolute Gasteiger partial charge is 0.253 e. The summed E-state index contributed by atoms with van der Waals surface area (Å²) in [6.07, 6.45) is 0. The summed E-state index contributed by atoms with van der Waals surface area (Å²) in [4.78, 5) is 3.87. The SMILES string of the molecule is Cc1cc(Cl)c2c(F)c(F)c(F)cc2n1. The van der Waals surface area contributed by atoms with Gasteiger partial charge in [-0.25, -0.2) is 13.2 Å². The fourth-order valence-corrected chi connectivity index (χ4v) is 1.71. The van der Waals surface area contributed by atoms with Crippen LogP contribution in [0.5, 0.6) is 0 Å². The molecule has 0 N–H and O–H groups in total. The van der Waals surface area contributed by atoms with E-state index in [-0.39, 0.29) is 15.9 Å². The topological polar surface area (TPSA) is 12.9 Å². The van der Waals surface area contributed by atoms with Crippen LogP contribution in [0.1, 0.15) is 5.69 Å². The fraction of sp³-hybridized carbons (Fsp3) is 0.100.